The minimum Gasteiger partial charge on any atom is -0.339 e. The molecule has 0 bridgehead atoms. The molecule has 0 N–H and O–H groups in total. The van der Waals surface area contributed by atoms with E-state index in [1.165, 1.54) is 17.8 Å². The van der Waals surface area contributed by atoms with E-state index in [0.717, 1.165) is 37.9 Å². The van der Waals surface area contributed by atoms with Crippen molar-refractivity contribution in [1.29, 1.82) is 0 Å². The number of thioether (sulfide) groups is 1. The monoisotopic (exact) mass is 357 g/mol. The lowest BCUT2D eigenvalue weighted by molar-refractivity contribution is -0.387. The van der Waals surface area contributed by atoms with Crippen LogP contribution in [0.4, 0.5) is 5.69 Å². The van der Waals surface area contributed by atoms with Crippen LogP contribution in [0.15, 0.2) is 47.6 Å². The summed E-state index contributed by atoms with van der Waals surface area (Å²) in [6, 6.07) is 8.55. The Balaban J connectivity index is 1.78. The molecule has 130 valence electrons. The molecule has 1 aromatic heterocycles. The zero-order valence-electron chi connectivity index (χ0n) is 13.8. The van der Waals surface area contributed by atoms with E-state index in [-0.39, 0.29) is 11.6 Å². The number of likely N-dealkylation sites (tertiary alicyclic amines) is 1. The van der Waals surface area contributed by atoms with Gasteiger partial charge in [0.1, 0.15) is 0 Å². The minimum atomic E-state index is -0.415. The van der Waals surface area contributed by atoms with Gasteiger partial charge < -0.3 is 4.90 Å². The standard InChI is InChI=1S/C18H19N3O3S/c22-18(20-10-2-1-3-11-20)15-4-5-17(16(12-15)21(23)24)25-13-14-6-8-19-9-7-14/h4-9,12H,1-3,10-11,13H2. The molecule has 0 saturated carbocycles. The SMILES string of the molecule is O=C(c1ccc(SCc2ccncc2)c([N+](=O)[O-])c1)N1CCCCC1. The fourth-order valence-corrected chi connectivity index (χ4v) is 3.80. The summed E-state index contributed by atoms with van der Waals surface area (Å²) in [4.78, 5) is 29.9. The Labute approximate surface area is 150 Å². The molecule has 2 heterocycles. The lowest BCUT2D eigenvalue weighted by Gasteiger charge is -2.26. The summed E-state index contributed by atoms with van der Waals surface area (Å²) in [5, 5.41) is 11.4. The number of hydrogen-bond acceptors (Lipinski definition) is 5. The predicted molar refractivity (Wildman–Crippen MR) is 96.6 cm³/mol. The number of carbonyl (C=O) groups excluding carboxylic acids is 1. The second-order valence-corrected chi connectivity index (χ2v) is 6.95. The van der Waals surface area contributed by atoms with Crippen molar-refractivity contribution in [3.63, 3.8) is 0 Å². The van der Waals surface area contributed by atoms with Crippen molar-refractivity contribution in [3.05, 3.63) is 64.0 Å². The van der Waals surface area contributed by atoms with Gasteiger partial charge in [0.25, 0.3) is 11.6 Å². The number of nitro groups is 1. The van der Waals surface area contributed by atoms with E-state index in [1.807, 2.05) is 12.1 Å². The highest BCUT2D eigenvalue weighted by Crippen LogP contribution is 2.32. The van der Waals surface area contributed by atoms with Crippen LogP contribution in [0.1, 0.15) is 35.2 Å². The average molecular weight is 357 g/mol. The first kappa shape index (κ1) is 17.4. The lowest BCUT2D eigenvalue weighted by atomic mass is 10.1. The first-order chi connectivity index (χ1) is 12.1. The Morgan fingerprint density at radius 2 is 1.88 bits per heavy atom. The molecule has 1 saturated heterocycles. The average Bonchev–Trinajstić information content (AvgIpc) is 2.67. The number of carbonyl (C=O) groups is 1. The van der Waals surface area contributed by atoms with Crippen LogP contribution in [-0.4, -0.2) is 33.8 Å². The van der Waals surface area contributed by atoms with E-state index in [0.29, 0.717) is 16.2 Å². The highest BCUT2D eigenvalue weighted by molar-refractivity contribution is 7.98. The quantitative estimate of drug-likeness (QED) is 0.461. The van der Waals surface area contributed by atoms with E-state index in [4.69, 9.17) is 0 Å². The van der Waals surface area contributed by atoms with E-state index in [2.05, 4.69) is 4.98 Å². The van der Waals surface area contributed by atoms with Gasteiger partial charge in [-0.2, -0.15) is 0 Å². The van der Waals surface area contributed by atoms with Gasteiger partial charge >= 0.3 is 0 Å². The number of benzene rings is 1. The third kappa shape index (κ3) is 4.36. The molecule has 1 aromatic carbocycles. The number of pyridine rings is 1. The smallest absolute Gasteiger partial charge is 0.283 e. The minimum absolute atomic E-state index is 0.0121. The maximum Gasteiger partial charge on any atom is 0.283 e. The van der Waals surface area contributed by atoms with Crippen LogP contribution in [0.2, 0.25) is 0 Å². The van der Waals surface area contributed by atoms with Gasteiger partial charge in [-0.3, -0.25) is 19.9 Å². The van der Waals surface area contributed by atoms with Crippen LogP contribution >= 0.6 is 11.8 Å². The zero-order chi connectivity index (χ0) is 17.6. The topological polar surface area (TPSA) is 76.3 Å². The molecule has 0 atom stereocenters. The molecule has 1 aliphatic heterocycles. The molecule has 6 nitrogen and oxygen atoms in total. The molecule has 3 rings (SSSR count). The Morgan fingerprint density at radius 3 is 2.56 bits per heavy atom. The summed E-state index contributed by atoms with van der Waals surface area (Å²) in [7, 11) is 0. The van der Waals surface area contributed by atoms with Crippen molar-refractivity contribution >= 4 is 23.4 Å². The summed E-state index contributed by atoms with van der Waals surface area (Å²) < 4.78 is 0. The predicted octanol–water partition coefficient (Wildman–Crippen LogP) is 3.91. The van der Waals surface area contributed by atoms with Gasteiger partial charge in [0.2, 0.25) is 0 Å². The second-order valence-electron chi connectivity index (χ2n) is 5.94. The number of piperidine rings is 1. The molecule has 0 unspecified atom stereocenters. The van der Waals surface area contributed by atoms with Crippen molar-refractivity contribution in [3.8, 4) is 0 Å². The maximum absolute atomic E-state index is 12.6. The summed E-state index contributed by atoms with van der Waals surface area (Å²) in [5.41, 5.74) is 1.42. The molecular weight excluding hydrogens is 338 g/mol. The van der Waals surface area contributed by atoms with Crippen LogP contribution in [0.25, 0.3) is 0 Å². The van der Waals surface area contributed by atoms with Crippen LogP contribution < -0.4 is 0 Å². The summed E-state index contributed by atoms with van der Waals surface area (Å²) >= 11 is 1.39. The molecule has 0 spiro atoms. The molecule has 2 aromatic rings. The first-order valence-electron chi connectivity index (χ1n) is 8.24. The van der Waals surface area contributed by atoms with Gasteiger partial charge in [-0.25, -0.2) is 0 Å². The largest absolute Gasteiger partial charge is 0.339 e. The lowest BCUT2D eigenvalue weighted by Crippen LogP contribution is -2.35. The molecule has 1 aliphatic rings. The first-order valence-corrected chi connectivity index (χ1v) is 9.23. The van der Waals surface area contributed by atoms with Gasteiger partial charge in [-0.1, -0.05) is 0 Å². The maximum atomic E-state index is 12.6. The van der Waals surface area contributed by atoms with Crippen molar-refractivity contribution < 1.29 is 9.72 Å². The van der Waals surface area contributed by atoms with Gasteiger partial charge in [0, 0.05) is 42.9 Å². The number of nitrogens with zero attached hydrogens (tertiary/aromatic N) is 3. The fourth-order valence-electron chi connectivity index (χ4n) is 2.83. The third-order valence-corrected chi connectivity index (χ3v) is 5.32. The van der Waals surface area contributed by atoms with Gasteiger partial charge in [0.15, 0.2) is 0 Å². The number of hydrogen-bond donors (Lipinski definition) is 0. The molecule has 1 amide bonds. The molecule has 1 fully saturated rings. The zero-order valence-corrected chi connectivity index (χ0v) is 14.6. The number of amides is 1. The molecule has 7 heteroatoms. The van der Waals surface area contributed by atoms with Crippen molar-refractivity contribution in [2.75, 3.05) is 13.1 Å². The van der Waals surface area contributed by atoms with Crippen LogP contribution in [0, 0.1) is 10.1 Å². The summed E-state index contributed by atoms with van der Waals surface area (Å²) in [6.07, 6.45) is 6.52. The van der Waals surface area contributed by atoms with Crippen molar-refractivity contribution in [1.82, 2.24) is 9.88 Å². The van der Waals surface area contributed by atoms with Crippen molar-refractivity contribution in [2.45, 2.75) is 29.9 Å². The number of aromatic nitrogens is 1. The van der Waals surface area contributed by atoms with Gasteiger partial charge in [0.05, 0.1) is 9.82 Å². The Kier molecular flexibility index (Phi) is 5.65. The fraction of sp³-hybridized carbons (Fsp3) is 0.333. The van der Waals surface area contributed by atoms with E-state index in [1.54, 1.807) is 29.4 Å². The van der Waals surface area contributed by atoms with E-state index >= 15 is 0 Å². The Hall–Kier alpha value is -2.41. The highest BCUT2D eigenvalue weighted by atomic mass is 32.2. The Morgan fingerprint density at radius 1 is 1.16 bits per heavy atom. The van der Waals surface area contributed by atoms with Crippen LogP contribution in [-0.2, 0) is 5.75 Å². The van der Waals surface area contributed by atoms with Crippen molar-refractivity contribution in [2.24, 2.45) is 0 Å². The number of nitro benzene ring substituents is 1. The number of rotatable bonds is 5. The highest BCUT2D eigenvalue weighted by Gasteiger charge is 2.22. The molecule has 0 aliphatic carbocycles. The van der Waals surface area contributed by atoms with Gasteiger partial charge in [-0.15, -0.1) is 11.8 Å². The normalized spacial score (nSPS) is 14.3. The van der Waals surface area contributed by atoms with E-state index in [9.17, 15) is 14.9 Å². The van der Waals surface area contributed by atoms with Crippen LogP contribution in [0.3, 0.4) is 0 Å². The van der Waals surface area contributed by atoms with Crippen LogP contribution in [0.5, 0.6) is 0 Å². The molecule has 25 heavy (non-hydrogen) atoms. The summed E-state index contributed by atoms with van der Waals surface area (Å²) in [5.74, 6) is 0.497. The third-order valence-electron chi connectivity index (χ3n) is 4.19. The van der Waals surface area contributed by atoms with E-state index < -0.39 is 4.92 Å². The Bertz CT molecular complexity index is 761. The summed E-state index contributed by atoms with van der Waals surface area (Å²) in [6.45, 7) is 1.45. The van der Waals surface area contributed by atoms with Gasteiger partial charge in [-0.05, 0) is 49.1 Å². The second kappa shape index (κ2) is 8.11. The molecule has 0 radical (unpaired) electrons. The molecular formula is C18H19N3O3S.